The number of hydrogen-bond donors (Lipinski definition) is 1. The van der Waals surface area contributed by atoms with Gasteiger partial charge in [0.25, 0.3) is 0 Å². The van der Waals surface area contributed by atoms with Crippen LogP contribution in [-0.4, -0.2) is 11.5 Å². The molecule has 0 amide bonds. The van der Waals surface area contributed by atoms with Crippen LogP contribution in [0, 0.1) is 5.82 Å². The Morgan fingerprint density at radius 2 is 2.12 bits per heavy atom. The minimum atomic E-state index is -0.330. The Bertz CT molecular complexity index is 468. The number of rotatable bonds is 4. The highest BCUT2D eigenvalue weighted by molar-refractivity contribution is 6.33. The molecule has 17 heavy (non-hydrogen) atoms. The monoisotopic (exact) mass is 250 g/mol. The highest BCUT2D eigenvalue weighted by Crippen LogP contribution is 2.24. The van der Waals surface area contributed by atoms with Crippen molar-refractivity contribution in [1.29, 1.82) is 0 Å². The van der Waals surface area contributed by atoms with E-state index in [1.54, 1.807) is 24.5 Å². The van der Waals surface area contributed by atoms with Crippen LogP contribution in [-0.2, 0) is 6.42 Å². The fourth-order valence-electron chi connectivity index (χ4n) is 1.54. The van der Waals surface area contributed by atoms with E-state index in [9.17, 15) is 4.39 Å². The van der Waals surface area contributed by atoms with Crippen LogP contribution in [0.4, 0.5) is 10.1 Å². The third-order valence-electron chi connectivity index (χ3n) is 2.40. The Labute approximate surface area is 104 Å². The van der Waals surface area contributed by atoms with Gasteiger partial charge in [-0.15, -0.1) is 0 Å². The predicted molar refractivity (Wildman–Crippen MR) is 67.8 cm³/mol. The lowest BCUT2D eigenvalue weighted by atomic mass is 10.2. The molecular formula is C13H12ClFN2. The summed E-state index contributed by atoms with van der Waals surface area (Å²) in [6.07, 6.45) is 4.30. The minimum absolute atomic E-state index is 0.330. The maximum Gasteiger partial charge on any atom is 0.147 e. The van der Waals surface area contributed by atoms with Crippen molar-refractivity contribution in [3.8, 4) is 0 Å². The van der Waals surface area contributed by atoms with Crippen molar-refractivity contribution >= 4 is 17.3 Å². The first kappa shape index (κ1) is 11.9. The first-order valence-corrected chi connectivity index (χ1v) is 5.72. The van der Waals surface area contributed by atoms with Gasteiger partial charge < -0.3 is 5.32 Å². The van der Waals surface area contributed by atoms with Crippen LogP contribution in [0.25, 0.3) is 0 Å². The van der Waals surface area contributed by atoms with E-state index in [0.29, 0.717) is 17.3 Å². The van der Waals surface area contributed by atoms with E-state index in [1.165, 1.54) is 6.07 Å². The first-order valence-electron chi connectivity index (χ1n) is 5.34. The molecule has 88 valence electrons. The maximum atomic E-state index is 13.4. The molecule has 1 heterocycles. The molecular weight excluding hydrogens is 239 g/mol. The molecule has 2 rings (SSSR count). The van der Waals surface area contributed by atoms with Crippen LogP contribution >= 0.6 is 11.6 Å². The molecule has 1 aromatic carbocycles. The summed E-state index contributed by atoms with van der Waals surface area (Å²) in [6.45, 7) is 0.617. The van der Waals surface area contributed by atoms with Crippen LogP contribution in [0.2, 0.25) is 5.02 Å². The number of para-hydroxylation sites is 1. The molecule has 0 aliphatic heterocycles. The zero-order valence-corrected chi connectivity index (χ0v) is 9.91. The minimum Gasteiger partial charge on any atom is -0.381 e. The molecule has 1 N–H and O–H groups in total. The van der Waals surface area contributed by atoms with Gasteiger partial charge >= 0.3 is 0 Å². The summed E-state index contributed by atoms with van der Waals surface area (Å²) in [5, 5.41) is 3.39. The van der Waals surface area contributed by atoms with Crippen molar-refractivity contribution < 1.29 is 4.39 Å². The van der Waals surface area contributed by atoms with E-state index < -0.39 is 0 Å². The van der Waals surface area contributed by atoms with Gasteiger partial charge in [0.15, 0.2) is 0 Å². The van der Waals surface area contributed by atoms with Gasteiger partial charge in [0.05, 0.1) is 10.7 Å². The summed E-state index contributed by atoms with van der Waals surface area (Å²) in [7, 11) is 0. The van der Waals surface area contributed by atoms with E-state index >= 15 is 0 Å². The molecule has 0 saturated carbocycles. The number of benzene rings is 1. The highest BCUT2D eigenvalue weighted by Gasteiger charge is 2.05. The third kappa shape index (κ3) is 3.17. The Balaban J connectivity index is 1.95. The molecule has 4 heteroatoms. The van der Waals surface area contributed by atoms with Gasteiger partial charge in [0.2, 0.25) is 0 Å². The summed E-state index contributed by atoms with van der Waals surface area (Å²) in [5.74, 6) is -0.330. The van der Waals surface area contributed by atoms with Crippen molar-refractivity contribution in [3.63, 3.8) is 0 Å². The van der Waals surface area contributed by atoms with Crippen molar-refractivity contribution in [2.75, 3.05) is 11.9 Å². The maximum absolute atomic E-state index is 13.4. The van der Waals surface area contributed by atoms with Gasteiger partial charge in [-0.25, -0.2) is 4.39 Å². The molecule has 0 aliphatic rings. The first-order chi connectivity index (χ1) is 8.27. The summed E-state index contributed by atoms with van der Waals surface area (Å²) in [6, 6.07) is 8.50. The number of anilines is 1. The Morgan fingerprint density at radius 1 is 1.24 bits per heavy atom. The lowest BCUT2D eigenvalue weighted by molar-refractivity contribution is 0.630. The second-order valence-electron chi connectivity index (χ2n) is 3.63. The standard InChI is InChI=1S/C13H12ClFN2/c14-11-4-1-5-12(15)13(11)17-8-6-10-3-2-7-16-9-10/h1-5,7,9,17H,6,8H2. The molecule has 0 spiro atoms. The van der Waals surface area contributed by atoms with Gasteiger partial charge in [0.1, 0.15) is 5.82 Å². The van der Waals surface area contributed by atoms with Crippen LogP contribution in [0.15, 0.2) is 42.7 Å². The SMILES string of the molecule is Fc1cccc(Cl)c1NCCc1cccnc1. The van der Waals surface area contributed by atoms with Crippen molar-refractivity contribution in [1.82, 2.24) is 4.98 Å². The normalized spacial score (nSPS) is 10.2. The zero-order valence-electron chi connectivity index (χ0n) is 9.16. The van der Waals surface area contributed by atoms with Crippen LogP contribution in [0.5, 0.6) is 0 Å². The fourth-order valence-corrected chi connectivity index (χ4v) is 1.77. The van der Waals surface area contributed by atoms with Crippen molar-refractivity contribution in [3.05, 3.63) is 59.1 Å². The van der Waals surface area contributed by atoms with Crippen molar-refractivity contribution in [2.24, 2.45) is 0 Å². The van der Waals surface area contributed by atoms with Crippen LogP contribution < -0.4 is 5.32 Å². The average Bonchev–Trinajstić information content (AvgIpc) is 2.34. The number of hydrogen-bond acceptors (Lipinski definition) is 2. The summed E-state index contributed by atoms with van der Waals surface area (Å²) in [5.41, 5.74) is 1.46. The van der Waals surface area contributed by atoms with E-state index in [1.807, 2.05) is 12.1 Å². The molecule has 0 radical (unpaired) electrons. The average molecular weight is 251 g/mol. The van der Waals surface area contributed by atoms with Crippen LogP contribution in [0.1, 0.15) is 5.56 Å². The molecule has 1 aromatic heterocycles. The second-order valence-corrected chi connectivity index (χ2v) is 4.04. The molecule has 0 aliphatic carbocycles. The number of pyridine rings is 1. The Hall–Kier alpha value is -1.61. The molecule has 0 bridgehead atoms. The van der Waals surface area contributed by atoms with Gasteiger partial charge in [-0.1, -0.05) is 23.7 Å². The number of nitrogens with one attached hydrogen (secondary N) is 1. The second kappa shape index (κ2) is 5.64. The largest absolute Gasteiger partial charge is 0.381 e. The molecule has 0 atom stereocenters. The molecule has 0 unspecified atom stereocenters. The van der Waals surface area contributed by atoms with Gasteiger partial charge in [0, 0.05) is 18.9 Å². The molecule has 2 nitrogen and oxygen atoms in total. The number of aromatic nitrogens is 1. The summed E-state index contributed by atoms with van der Waals surface area (Å²) < 4.78 is 13.4. The van der Waals surface area contributed by atoms with Gasteiger partial charge in [-0.2, -0.15) is 0 Å². The molecule has 0 saturated heterocycles. The van der Waals surface area contributed by atoms with Crippen molar-refractivity contribution in [2.45, 2.75) is 6.42 Å². The van der Waals surface area contributed by atoms with Gasteiger partial charge in [-0.3, -0.25) is 4.98 Å². The quantitative estimate of drug-likeness (QED) is 0.898. The predicted octanol–water partition coefficient (Wildman–Crippen LogP) is 3.53. The molecule has 0 fully saturated rings. The zero-order chi connectivity index (χ0) is 12.1. The fraction of sp³-hybridized carbons (Fsp3) is 0.154. The Kier molecular flexibility index (Phi) is 3.94. The molecule has 2 aromatic rings. The van der Waals surface area contributed by atoms with Gasteiger partial charge in [-0.05, 0) is 30.2 Å². The lowest BCUT2D eigenvalue weighted by Crippen LogP contribution is -2.06. The number of halogens is 2. The van der Waals surface area contributed by atoms with E-state index in [0.717, 1.165) is 12.0 Å². The Morgan fingerprint density at radius 3 is 2.82 bits per heavy atom. The summed E-state index contributed by atoms with van der Waals surface area (Å²) in [4.78, 5) is 4.02. The lowest BCUT2D eigenvalue weighted by Gasteiger charge is -2.09. The van der Waals surface area contributed by atoms with E-state index in [-0.39, 0.29) is 5.82 Å². The van der Waals surface area contributed by atoms with Crippen LogP contribution in [0.3, 0.4) is 0 Å². The highest BCUT2D eigenvalue weighted by atomic mass is 35.5. The number of nitrogens with zero attached hydrogens (tertiary/aromatic N) is 1. The van der Waals surface area contributed by atoms with E-state index in [4.69, 9.17) is 11.6 Å². The smallest absolute Gasteiger partial charge is 0.147 e. The third-order valence-corrected chi connectivity index (χ3v) is 2.72. The topological polar surface area (TPSA) is 24.9 Å². The van der Waals surface area contributed by atoms with E-state index in [2.05, 4.69) is 10.3 Å². The summed E-state index contributed by atoms with van der Waals surface area (Å²) >= 11 is 5.90.